The third kappa shape index (κ3) is 6.44. The lowest BCUT2D eigenvalue weighted by Crippen LogP contribution is -2.28. The molecule has 1 fully saturated rings. The number of rotatable bonds is 8. The summed E-state index contributed by atoms with van der Waals surface area (Å²) >= 11 is 1.14. The average molecular weight is 557 g/mol. The number of hydrogen-bond acceptors (Lipinski definition) is 7. The number of ether oxygens (including phenoxy) is 1. The van der Waals surface area contributed by atoms with E-state index in [0.717, 1.165) is 23.0 Å². The Morgan fingerprint density at radius 1 is 1.10 bits per heavy atom. The molecule has 2 heterocycles. The molecule has 0 spiro atoms. The van der Waals surface area contributed by atoms with Crippen LogP contribution in [0.15, 0.2) is 89.1 Å². The fraction of sp³-hybridized carbons (Fsp3) is 0.138. The Morgan fingerprint density at radius 2 is 1.82 bits per heavy atom. The first-order chi connectivity index (χ1) is 19.4. The molecule has 0 radical (unpaired) electrons. The van der Waals surface area contributed by atoms with Gasteiger partial charge in [0.1, 0.15) is 16.8 Å². The van der Waals surface area contributed by atoms with Crippen molar-refractivity contribution in [1.29, 1.82) is 0 Å². The van der Waals surface area contributed by atoms with Crippen molar-refractivity contribution in [3.63, 3.8) is 0 Å². The topological polar surface area (TPSA) is 110 Å². The lowest BCUT2D eigenvalue weighted by Gasteiger charge is -2.10. The number of carbonyl (C=O) groups is 2. The molecule has 2 N–H and O–H groups in total. The summed E-state index contributed by atoms with van der Waals surface area (Å²) in [5.41, 5.74) is 3.70. The molecule has 5 rings (SSSR count). The van der Waals surface area contributed by atoms with Gasteiger partial charge >= 0.3 is 0 Å². The minimum absolute atomic E-state index is 0.00821. The van der Waals surface area contributed by atoms with Gasteiger partial charge in [0.05, 0.1) is 23.2 Å². The van der Waals surface area contributed by atoms with Crippen LogP contribution >= 0.6 is 11.8 Å². The van der Waals surface area contributed by atoms with Crippen molar-refractivity contribution in [3.05, 3.63) is 102 Å². The van der Waals surface area contributed by atoms with Crippen molar-refractivity contribution in [1.82, 2.24) is 15.1 Å². The monoisotopic (exact) mass is 556 g/mol. The van der Waals surface area contributed by atoms with Crippen LogP contribution in [0.1, 0.15) is 23.2 Å². The SMILES string of the molecule is Cc1ccc(NC(=O)CC2S/C(=N/N=C/c3c(C)nn(-c4ccccc4)c3Oc3ccc(F)cc3)NC2=O)cc1. The quantitative estimate of drug-likeness (QED) is 0.224. The Morgan fingerprint density at radius 3 is 2.55 bits per heavy atom. The van der Waals surface area contributed by atoms with E-state index in [2.05, 4.69) is 25.9 Å². The highest BCUT2D eigenvalue weighted by Crippen LogP contribution is 2.30. The van der Waals surface area contributed by atoms with Gasteiger partial charge in [0.25, 0.3) is 0 Å². The fourth-order valence-electron chi connectivity index (χ4n) is 3.87. The molecule has 1 atom stereocenters. The van der Waals surface area contributed by atoms with Gasteiger partial charge in [-0.1, -0.05) is 47.7 Å². The summed E-state index contributed by atoms with van der Waals surface area (Å²) in [5, 5.41) is 18.0. The van der Waals surface area contributed by atoms with Crippen LogP contribution in [-0.2, 0) is 9.59 Å². The van der Waals surface area contributed by atoms with Gasteiger partial charge in [-0.05, 0) is 62.4 Å². The maximum Gasteiger partial charge on any atom is 0.240 e. The van der Waals surface area contributed by atoms with Crippen LogP contribution in [0.25, 0.3) is 5.69 Å². The molecule has 40 heavy (non-hydrogen) atoms. The molecule has 3 aromatic carbocycles. The molecule has 2 amide bonds. The highest BCUT2D eigenvalue weighted by Gasteiger charge is 2.32. The molecular formula is C29H25FN6O3S. The van der Waals surface area contributed by atoms with E-state index in [0.29, 0.717) is 28.6 Å². The molecule has 0 bridgehead atoms. The number of amides is 2. The van der Waals surface area contributed by atoms with E-state index in [1.54, 1.807) is 11.6 Å². The van der Waals surface area contributed by atoms with E-state index in [-0.39, 0.29) is 29.2 Å². The summed E-state index contributed by atoms with van der Waals surface area (Å²) in [6.07, 6.45) is 1.48. The third-order valence-corrected chi connectivity index (χ3v) is 6.98. The zero-order valence-electron chi connectivity index (χ0n) is 21.7. The van der Waals surface area contributed by atoms with Gasteiger partial charge in [0, 0.05) is 12.1 Å². The van der Waals surface area contributed by atoms with Gasteiger partial charge in [-0.15, -0.1) is 5.10 Å². The maximum atomic E-state index is 13.4. The second-order valence-electron chi connectivity index (χ2n) is 8.97. The molecule has 4 aromatic rings. The van der Waals surface area contributed by atoms with Gasteiger partial charge in [-0.3, -0.25) is 9.59 Å². The van der Waals surface area contributed by atoms with E-state index < -0.39 is 5.25 Å². The summed E-state index contributed by atoms with van der Waals surface area (Å²) in [5.74, 6) is -0.170. The molecule has 1 aromatic heterocycles. The van der Waals surface area contributed by atoms with Crippen molar-refractivity contribution in [3.8, 4) is 17.3 Å². The zero-order valence-corrected chi connectivity index (χ0v) is 22.5. The number of nitrogens with zero attached hydrogens (tertiary/aromatic N) is 4. The number of aryl methyl sites for hydroxylation is 2. The largest absolute Gasteiger partial charge is 0.438 e. The summed E-state index contributed by atoms with van der Waals surface area (Å²) in [4.78, 5) is 24.9. The fourth-order valence-corrected chi connectivity index (χ4v) is 4.79. The summed E-state index contributed by atoms with van der Waals surface area (Å²) < 4.78 is 21.2. The van der Waals surface area contributed by atoms with Crippen LogP contribution in [0.2, 0.25) is 0 Å². The van der Waals surface area contributed by atoms with Crippen LogP contribution in [-0.4, -0.2) is 38.2 Å². The van der Waals surface area contributed by atoms with Gasteiger partial charge in [-0.25, -0.2) is 4.39 Å². The van der Waals surface area contributed by atoms with Crippen molar-refractivity contribution in [2.45, 2.75) is 25.5 Å². The number of aromatic nitrogens is 2. The molecule has 0 saturated carbocycles. The molecule has 1 saturated heterocycles. The summed E-state index contributed by atoms with van der Waals surface area (Å²) in [6, 6.07) is 22.5. The van der Waals surface area contributed by atoms with Gasteiger partial charge < -0.3 is 15.4 Å². The number of carbonyl (C=O) groups excluding carboxylic acids is 2. The highest BCUT2D eigenvalue weighted by molar-refractivity contribution is 8.15. The van der Waals surface area contributed by atoms with E-state index in [4.69, 9.17) is 4.74 Å². The molecule has 202 valence electrons. The van der Waals surface area contributed by atoms with E-state index in [9.17, 15) is 14.0 Å². The Hall–Kier alpha value is -4.77. The van der Waals surface area contributed by atoms with Crippen LogP contribution < -0.4 is 15.4 Å². The van der Waals surface area contributed by atoms with Gasteiger partial charge in [0.2, 0.25) is 17.7 Å². The summed E-state index contributed by atoms with van der Waals surface area (Å²) in [6.45, 7) is 3.77. The van der Waals surface area contributed by atoms with Crippen LogP contribution in [0.3, 0.4) is 0 Å². The van der Waals surface area contributed by atoms with E-state index >= 15 is 0 Å². The maximum absolute atomic E-state index is 13.4. The lowest BCUT2D eigenvalue weighted by molar-refractivity contribution is -0.122. The van der Waals surface area contributed by atoms with Crippen molar-refractivity contribution < 1.29 is 18.7 Å². The first-order valence-electron chi connectivity index (χ1n) is 12.4. The standard InChI is InChI=1S/C29H25FN6O3S/c1-18-8-12-21(13-9-18)32-26(37)16-25-27(38)33-29(40-25)34-31-17-24-19(2)35-36(22-6-4-3-5-7-22)28(24)39-23-14-10-20(30)11-15-23/h3-15,17,25H,16H2,1-2H3,(H,32,37)(H,33,34,38)/b31-17+. The van der Waals surface area contributed by atoms with Gasteiger partial charge in [-0.2, -0.15) is 14.9 Å². The van der Waals surface area contributed by atoms with Crippen molar-refractivity contribution in [2.24, 2.45) is 10.2 Å². The van der Waals surface area contributed by atoms with Gasteiger partial charge in [0.15, 0.2) is 5.17 Å². The molecule has 0 aliphatic carbocycles. The van der Waals surface area contributed by atoms with Crippen LogP contribution in [0.4, 0.5) is 10.1 Å². The smallest absolute Gasteiger partial charge is 0.240 e. The molecule has 1 unspecified atom stereocenters. The Bertz CT molecular complexity index is 1580. The minimum atomic E-state index is -0.626. The number of amidine groups is 1. The zero-order chi connectivity index (χ0) is 28.1. The summed E-state index contributed by atoms with van der Waals surface area (Å²) in [7, 11) is 0. The highest BCUT2D eigenvalue weighted by atomic mass is 32.2. The van der Waals surface area contributed by atoms with Crippen LogP contribution in [0.5, 0.6) is 11.6 Å². The van der Waals surface area contributed by atoms with Crippen molar-refractivity contribution >= 4 is 40.6 Å². The predicted molar refractivity (Wildman–Crippen MR) is 154 cm³/mol. The average Bonchev–Trinajstić information content (AvgIpc) is 3.45. The Balaban J connectivity index is 1.32. The number of hydrogen-bond donors (Lipinski definition) is 2. The lowest BCUT2D eigenvalue weighted by atomic mass is 10.2. The van der Waals surface area contributed by atoms with Crippen LogP contribution in [0, 0.1) is 19.7 Å². The van der Waals surface area contributed by atoms with E-state index in [1.807, 2.05) is 61.5 Å². The molecule has 1 aliphatic heterocycles. The second-order valence-corrected chi connectivity index (χ2v) is 10.2. The first-order valence-corrected chi connectivity index (χ1v) is 13.3. The number of benzene rings is 3. The molecule has 11 heteroatoms. The number of nitrogens with one attached hydrogen (secondary N) is 2. The number of thioether (sulfide) groups is 1. The Labute approximate surface area is 234 Å². The second kappa shape index (κ2) is 12.0. The molecule has 9 nitrogen and oxygen atoms in total. The predicted octanol–water partition coefficient (Wildman–Crippen LogP) is 5.37. The number of halogens is 1. The first kappa shape index (κ1) is 26.8. The minimum Gasteiger partial charge on any atom is -0.438 e. The molecule has 1 aliphatic rings. The normalized spacial score (nSPS) is 15.9. The molecular weight excluding hydrogens is 531 g/mol. The third-order valence-electron chi connectivity index (χ3n) is 5.91. The number of para-hydroxylation sites is 1. The Kier molecular flexibility index (Phi) is 8.02. The van der Waals surface area contributed by atoms with Crippen molar-refractivity contribution in [2.75, 3.05) is 5.32 Å². The number of anilines is 1. The van der Waals surface area contributed by atoms with E-state index in [1.165, 1.54) is 30.5 Å².